The van der Waals surface area contributed by atoms with Gasteiger partial charge >= 0.3 is 0 Å². The lowest BCUT2D eigenvalue weighted by Crippen LogP contribution is -2.26. The molecule has 23 heavy (non-hydrogen) atoms. The fourth-order valence-corrected chi connectivity index (χ4v) is 2.81. The monoisotopic (exact) mass is 331 g/mol. The molecule has 0 fully saturated rings. The molecular weight excluding hydrogens is 314 g/mol. The molecule has 0 unspecified atom stereocenters. The first-order chi connectivity index (χ1) is 11.3. The third-order valence-corrected chi connectivity index (χ3v) is 4.12. The molecule has 2 aromatic heterocycles. The topological polar surface area (TPSA) is 92.8 Å². The van der Waals surface area contributed by atoms with Crippen molar-refractivity contribution in [3.8, 4) is 0 Å². The quantitative estimate of drug-likeness (QED) is 0.506. The molecule has 1 amide bonds. The molecule has 0 bridgehead atoms. The van der Waals surface area contributed by atoms with Gasteiger partial charge in [-0.05, 0) is 12.5 Å². The van der Waals surface area contributed by atoms with Crippen molar-refractivity contribution in [2.45, 2.75) is 11.6 Å². The Hall–Kier alpha value is -2.19. The first-order valence-corrected chi connectivity index (χ1v) is 8.26. The molecule has 2 heterocycles. The molecule has 0 aliphatic heterocycles. The number of carbonyl (C=O) groups excluding carboxylic acids is 1. The van der Waals surface area contributed by atoms with E-state index in [0.29, 0.717) is 24.0 Å². The Bertz CT molecular complexity index is 820. The van der Waals surface area contributed by atoms with Gasteiger partial charge in [0.1, 0.15) is 5.52 Å². The van der Waals surface area contributed by atoms with Crippen LogP contribution in [0.2, 0.25) is 0 Å². The van der Waals surface area contributed by atoms with Gasteiger partial charge in [-0.25, -0.2) is 4.98 Å². The molecule has 0 aliphatic carbocycles. The van der Waals surface area contributed by atoms with E-state index in [4.69, 9.17) is 4.74 Å². The van der Waals surface area contributed by atoms with Gasteiger partial charge in [0, 0.05) is 31.2 Å². The second kappa shape index (κ2) is 7.38. The van der Waals surface area contributed by atoms with Crippen LogP contribution in [0.3, 0.4) is 0 Å². The minimum Gasteiger partial charge on any atom is -0.385 e. The zero-order valence-corrected chi connectivity index (χ0v) is 13.5. The van der Waals surface area contributed by atoms with Crippen molar-refractivity contribution in [2.24, 2.45) is 0 Å². The SMILES string of the molecule is COCCCNC(=O)CSc1nnc2c(n1)[nH]c1ccccc12. The molecule has 3 rings (SSSR count). The van der Waals surface area contributed by atoms with Crippen LogP contribution in [0.5, 0.6) is 0 Å². The Morgan fingerprint density at radius 3 is 3.09 bits per heavy atom. The summed E-state index contributed by atoms with van der Waals surface area (Å²) in [6, 6.07) is 7.85. The number of amides is 1. The second-order valence-electron chi connectivity index (χ2n) is 4.95. The van der Waals surface area contributed by atoms with E-state index in [1.807, 2.05) is 24.3 Å². The molecule has 120 valence electrons. The van der Waals surface area contributed by atoms with E-state index in [9.17, 15) is 4.79 Å². The number of fused-ring (bicyclic) bond motifs is 3. The van der Waals surface area contributed by atoms with Crippen molar-refractivity contribution in [1.29, 1.82) is 0 Å². The van der Waals surface area contributed by atoms with Gasteiger partial charge in [0.25, 0.3) is 0 Å². The minimum atomic E-state index is -0.0496. The van der Waals surface area contributed by atoms with E-state index in [1.165, 1.54) is 11.8 Å². The predicted molar refractivity (Wildman–Crippen MR) is 89.4 cm³/mol. The van der Waals surface area contributed by atoms with Gasteiger partial charge in [0.05, 0.1) is 5.75 Å². The van der Waals surface area contributed by atoms with Gasteiger partial charge in [-0.2, -0.15) is 0 Å². The van der Waals surface area contributed by atoms with E-state index in [2.05, 4.69) is 25.5 Å². The first kappa shape index (κ1) is 15.7. The van der Waals surface area contributed by atoms with Gasteiger partial charge in [-0.3, -0.25) is 4.79 Å². The van der Waals surface area contributed by atoms with Crippen LogP contribution in [0, 0.1) is 0 Å². The van der Waals surface area contributed by atoms with Crippen LogP contribution >= 0.6 is 11.8 Å². The third-order valence-electron chi connectivity index (χ3n) is 3.28. The highest BCUT2D eigenvalue weighted by atomic mass is 32.2. The average molecular weight is 331 g/mol. The number of H-pyrrole nitrogens is 1. The van der Waals surface area contributed by atoms with Crippen molar-refractivity contribution in [3.63, 3.8) is 0 Å². The van der Waals surface area contributed by atoms with Crippen LogP contribution in [-0.2, 0) is 9.53 Å². The fourth-order valence-electron chi connectivity index (χ4n) is 2.19. The maximum atomic E-state index is 11.7. The van der Waals surface area contributed by atoms with Crippen LogP contribution in [-0.4, -0.2) is 52.1 Å². The van der Waals surface area contributed by atoms with E-state index < -0.39 is 0 Å². The van der Waals surface area contributed by atoms with E-state index in [1.54, 1.807) is 7.11 Å². The van der Waals surface area contributed by atoms with Gasteiger partial charge in [0.15, 0.2) is 5.65 Å². The number of thioether (sulfide) groups is 1. The van der Waals surface area contributed by atoms with Crippen molar-refractivity contribution in [3.05, 3.63) is 24.3 Å². The Kier molecular flexibility index (Phi) is 5.04. The number of methoxy groups -OCH3 is 1. The van der Waals surface area contributed by atoms with Gasteiger partial charge in [0.2, 0.25) is 11.1 Å². The van der Waals surface area contributed by atoms with Crippen LogP contribution < -0.4 is 5.32 Å². The first-order valence-electron chi connectivity index (χ1n) is 7.27. The van der Waals surface area contributed by atoms with Crippen LogP contribution in [0.25, 0.3) is 22.1 Å². The number of nitrogens with zero attached hydrogens (tertiary/aromatic N) is 3. The summed E-state index contributed by atoms with van der Waals surface area (Å²) in [5, 5.41) is 12.6. The third kappa shape index (κ3) is 3.77. The van der Waals surface area contributed by atoms with Gasteiger partial charge < -0.3 is 15.0 Å². The highest BCUT2D eigenvalue weighted by Crippen LogP contribution is 2.22. The maximum absolute atomic E-state index is 11.7. The summed E-state index contributed by atoms with van der Waals surface area (Å²) in [5.41, 5.74) is 2.40. The number of rotatable bonds is 7. The maximum Gasteiger partial charge on any atom is 0.230 e. The second-order valence-corrected chi connectivity index (χ2v) is 5.89. The largest absolute Gasteiger partial charge is 0.385 e. The molecule has 0 saturated heterocycles. The number of aromatic nitrogens is 4. The van der Waals surface area contributed by atoms with Crippen LogP contribution in [0.4, 0.5) is 0 Å². The number of para-hydroxylation sites is 1. The Morgan fingerprint density at radius 1 is 1.35 bits per heavy atom. The minimum absolute atomic E-state index is 0.0496. The Balaban J connectivity index is 1.62. The standard InChI is InChI=1S/C15H17N5O2S/c1-22-8-4-7-16-12(21)9-23-15-18-14-13(19-20-15)10-5-2-3-6-11(10)17-14/h2-3,5-6H,4,7-9H2,1H3,(H,16,21)(H,17,18,20). The summed E-state index contributed by atoms with van der Waals surface area (Å²) in [4.78, 5) is 19.4. The van der Waals surface area contributed by atoms with Crippen molar-refractivity contribution in [1.82, 2.24) is 25.5 Å². The Labute approximate surface area is 137 Å². The summed E-state index contributed by atoms with van der Waals surface area (Å²) in [6.45, 7) is 1.24. The lowest BCUT2D eigenvalue weighted by Gasteiger charge is -2.03. The lowest BCUT2D eigenvalue weighted by atomic mass is 10.2. The summed E-state index contributed by atoms with van der Waals surface area (Å²) >= 11 is 1.27. The molecule has 0 spiro atoms. The highest BCUT2D eigenvalue weighted by molar-refractivity contribution is 7.99. The molecular formula is C15H17N5O2S. The number of carbonyl (C=O) groups is 1. The fraction of sp³-hybridized carbons (Fsp3) is 0.333. The number of benzene rings is 1. The molecule has 2 N–H and O–H groups in total. The molecule has 0 saturated carbocycles. The number of ether oxygens (including phenoxy) is 1. The Morgan fingerprint density at radius 2 is 2.22 bits per heavy atom. The van der Waals surface area contributed by atoms with E-state index >= 15 is 0 Å². The molecule has 3 aromatic rings. The summed E-state index contributed by atoms with van der Waals surface area (Å²) < 4.78 is 4.93. The highest BCUT2D eigenvalue weighted by Gasteiger charge is 2.10. The molecule has 0 radical (unpaired) electrons. The predicted octanol–water partition coefficient (Wildman–Crippen LogP) is 1.75. The van der Waals surface area contributed by atoms with E-state index in [0.717, 1.165) is 22.8 Å². The number of aromatic amines is 1. The molecule has 8 heteroatoms. The van der Waals surface area contributed by atoms with Crippen LogP contribution in [0.15, 0.2) is 29.4 Å². The van der Waals surface area contributed by atoms with Gasteiger partial charge in [-0.15, -0.1) is 10.2 Å². The average Bonchev–Trinajstić information content (AvgIpc) is 2.94. The van der Waals surface area contributed by atoms with Crippen molar-refractivity contribution in [2.75, 3.05) is 26.0 Å². The van der Waals surface area contributed by atoms with Gasteiger partial charge in [-0.1, -0.05) is 30.0 Å². The molecule has 0 atom stereocenters. The zero-order valence-electron chi connectivity index (χ0n) is 12.7. The summed E-state index contributed by atoms with van der Waals surface area (Å²) in [7, 11) is 1.64. The zero-order chi connectivity index (χ0) is 16.1. The summed E-state index contributed by atoms with van der Waals surface area (Å²) in [6.07, 6.45) is 0.798. The normalized spacial score (nSPS) is 11.2. The number of hydrogen-bond donors (Lipinski definition) is 2. The summed E-state index contributed by atoms with van der Waals surface area (Å²) in [5.74, 6) is 0.215. The molecule has 1 aromatic carbocycles. The smallest absolute Gasteiger partial charge is 0.230 e. The van der Waals surface area contributed by atoms with Crippen molar-refractivity contribution < 1.29 is 9.53 Å². The van der Waals surface area contributed by atoms with E-state index in [-0.39, 0.29) is 11.7 Å². The lowest BCUT2D eigenvalue weighted by molar-refractivity contribution is -0.118. The molecule has 0 aliphatic rings. The molecule has 7 nitrogen and oxygen atoms in total. The van der Waals surface area contributed by atoms with Crippen LogP contribution in [0.1, 0.15) is 6.42 Å². The number of hydrogen-bond acceptors (Lipinski definition) is 6. The number of nitrogens with one attached hydrogen (secondary N) is 2. The van der Waals surface area contributed by atoms with Crippen molar-refractivity contribution >= 4 is 39.7 Å².